The number of anilines is 1. The molecule has 1 N–H and O–H groups in total. The maximum atomic E-state index is 12.6. The van der Waals surface area contributed by atoms with Gasteiger partial charge in [0.2, 0.25) is 14.8 Å². The van der Waals surface area contributed by atoms with Crippen LogP contribution in [0.25, 0.3) is 11.3 Å². The lowest BCUT2D eigenvalue weighted by molar-refractivity contribution is -0.118. The third-order valence-corrected chi connectivity index (χ3v) is 8.54. The molecule has 0 saturated carbocycles. The topological polar surface area (TPSA) is 105 Å². The summed E-state index contributed by atoms with van der Waals surface area (Å²) in [7, 11) is -0.628. The smallest absolute Gasteiger partial charge is 0.262 e. The SMILES string of the molecule is Cc1ccccc1/C=N/n1c(-c2ccc3c(c2)NC(=O)CO3)csc1=Nc1cccc(S(=O)(=O)N(C)C)c1. The van der Waals surface area contributed by atoms with Gasteiger partial charge in [-0.25, -0.2) is 22.4 Å². The van der Waals surface area contributed by atoms with Crippen molar-refractivity contribution in [2.75, 3.05) is 26.0 Å². The molecule has 1 aromatic heterocycles. The summed E-state index contributed by atoms with van der Waals surface area (Å²) >= 11 is 1.37. The Morgan fingerprint density at radius 2 is 1.89 bits per heavy atom. The van der Waals surface area contributed by atoms with E-state index in [-0.39, 0.29) is 17.4 Å². The Kier molecular flexibility index (Phi) is 6.98. The largest absolute Gasteiger partial charge is 0.482 e. The number of ether oxygens (including phenoxy) is 1. The Bertz CT molecular complexity index is 1740. The summed E-state index contributed by atoms with van der Waals surface area (Å²) in [5, 5.41) is 9.52. The third-order valence-electron chi connectivity index (χ3n) is 5.92. The average Bonchev–Trinajstić information content (AvgIpc) is 3.30. The number of hydrogen-bond donors (Lipinski definition) is 1. The Morgan fingerprint density at radius 3 is 2.68 bits per heavy atom. The van der Waals surface area contributed by atoms with Gasteiger partial charge in [0, 0.05) is 25.0 Å². The minimum Gasteiger partial charge on any atom is -0.482 e. The van der Waals surface area contributed by atoms with E-state index in [4.69, 9.17) is 14.8 Å². The van der Waals surface area contributed by atoms with E-state index in [0.29, 0.717) is 21.9 Å². The molecule has 0 atom stereocenters. The number of nitrogens with zero attached hydrogens (tertiary/aromatic N) is 4. The molecule has 0 unspecified atom stereocenters. The van der Waals surface area contributed by atoms with Crippen LogP contribution in [0, 0.1) is 6.92 Å². The van der Waals surface area contributed by atoms with Crippen LogP contribution in [0.3, 0.4) is 0 Å². The van der Waals surface area contributed by atoms with Crippen LogP contribution >= 0.6 is 11.3 Å². The van der Waals surface area contributed by atoms with Gasteiger partial charge >= 0.3 is 0 Å². The molecule has 194 valence electrons. The van der Waals surface area contributed by atoms with Crippen molar-refractivity contribution in [2.24, 2.45) is 10.1 Å². The Hall–Kier alpha value is -4.06. The summed E-state index contributed by atoms with van der Waals surface area (Å²) < 4.78 is 33.7. The lowest BCUT2D eigenvalue weighted by Gasteiger charge is -2.18. The number of aromatic nitrogens is 1. The minimum absolute atomic E-state index is 0.0167. The zero-order valence-corrected chi connectivity index (χ0v) is 22.6. The number of sulfonamides is 1. The molecule has 5 rings (SSSR count). The van der Waals surface area contributed by atoms with Gasteiger partial charge in [0.1, 0.15) is 5.75 Å². The second-order valence-corrected chi connectivity index (χ2v) is 11.7. The fourth-order valence-electron chi connectivity index (χ4n) is 3.82. The number of thiazole rings is 1. The minimum atomic E-state index is -3.61. The second-order valence-electron chi connectivity index (χ2n) is 8.76. The van der Waals surface area contributed by atoms with Crippen molar-refractivity contribution in [2.45, 2.75) is 11.8 Å². The molecule has 1 aliphatic rings. The summed E-state index contributed by atoms with van der Waals surface area (Å²) in [4.78, 5) is 17.3. The van der Waals surface area contributed by atoms with E-state index in [1.54, 1.807) is 29.1 Å². The number of benzene rings is 3. The van der Waals surface area contributed by atoms with Gasteiger partial charge in [-0.1, -0.05) is 30.3 Å². The van der Waals surface area contributed by atoms with Gasteiger partial charge in [-0.05, 0) is 54.4 Å². The van der Waals surface area contributed by atoms with Gasteiger partial charge < -0.3 is 10.1 Å². The molecule has 0 aliphatic carbocycles. The van der Waals surface area contributed by atoms with E-state index in [1.807, 2.05) is 54.8 Å². The molecule has 0 radical (unpaired) electrons. The number of fused-ring (bicyclic) bond motifs is 1. The molecule has 0 saturated heterocycles. The fourth-order valence-corrected chi connectivity index (χ4v) is 5.61. The normalized spacial score (nSPS) is 14.0. The summed E-state index contributed by atoms with van der Waals surface area (Å²) in [5.74, 6) is 0.385. The van der Waals surface area contributed by atoms with Gasteiger partial charge in [-0.15, -0.1) is 11.3 Å². The molecule has 11 heteroatoms. The molecule has 4 aromatic rings. The number of rotatable bonds is 6. The monoisotopic (exact) mass is 547 g/mol. The average molecular weight is 548 g/mol. The summed E-state index contributed by atoms with van der Waals surface area (Å²) in [6.45, 7) is 1.99. The zero-order chi connectivity index (χ0) is 26.9. The molecular formula is C27H25N5O4S2. The van der Waals surface area contributed by atoms with Crippen LogP contribution in [0.5, 0.6) is 5.75 Å². The van der Waals surface area contributed by atoms with Crippen LogP contribution in [0.4, 0.5) is 11.4 Å². The van der Waals surface area contributed by atoms with Crippen molar-refractivity contribution in [3.05, 3.63) is 88.0 Å². The highest BCUT2D eigenvalue weighted by atomic mass is 32.2. The Balaban J connectivity index is 1.64. The van der Waals surface area contributed by atoms with Crippen molar-refractivity contribution in [1.82, 2.24) is 8.98 Å². The first kappa shape index (κ1) is 25.6. The van der Waals surface area contributed by atoms with Crippen molar-refractivity contribution >= 4 is 44.9 Å². The zero-order valence-electron chi connectivity index (χ0n) is 21.0. The Morgan fingerprint density at radius 1 is 1.08 bits per heavy atom. The van der Waals surface area contributed by atoms with E-state index < -0.39 is 10.0 Å². The molecule has 0 spiro atoms. The first-order valence-corrected chi connectivity index (χ1v) is 14.0. The van der Waals surface area contributed by atoms with Gasteiger partial charge in [-0.3, -0.25) is 4.79 Å². The Labute approximate surface area is 224 Å². The van der Waals surface area contributed by atoms with Gasteiger partial charge in [0.15, 0.2) is 6.61 Å². The van der Waals surface area contributed by atoms with Gasteiger partial charge in [0.05, 0.1) is 28.2 Å². The van der Waals surface area contributed by atoms with Crippen LogP contribution in [0.2, 0.25) is 0 Å². The number of hydrogen-bond acceptors (Lipinski definition) is 7. The molecule has 0 fully saturated rings. The highest BCUT2D eigenvalue weighted by molar-refractivity contribution is 7.89. The third kappa shape index (κ3) is 5.17. The molecule has 3 aromatic carbocycles. The second kappa shape index (κ2) is 10.4. The van der Waals surface area contributed by atoms with E-state index in [0.717, 1.165) is 22.4 Å². The molecular weight excluding hydrogens is 522 g/mol. The molecule has 9 nitrogen and oxygen atoms in total. The van der Waals surface area contributed by atoms with Crippen molar-refractivity contribution < 1.29 is 17.9 Å². The predicted molar refractivity (Wildman–Crippen MR) is 149 cm³/mol. The first-order chi connectivity index (χ1) is 18.2. The van der Waals surface area contributed by atoms with Crippen LogP contribution in [0.1, 0.15) is 11.1 Å². The number of aryl methyl sites for hydroxylation is 1. The lowest BCUT2D eigenvalue weighted by atomic mass is 10.1. The fraction of sp³-hybridized carbons (Fsp3) is 0.148. The van der Waals surface area contributed by atoms with Crippen molar-refractivity contribution in [3.8, 4) is 17.0 Å². The van der Waals surface area contributed by atoms with Crippen molar-refractivity contribution in [3.63, 3.8) is 0 Å². The number of nitrogens with one attached hydrogen (secondary N) is 1. The van der Waals surface area contributed by atoms with E-state index in [1.165, 1.54) is 35.8 Å². The summed E-state index contributed by atoms with van der Waals surface area (Å²) in [6, 6.07) is 19.9. The maximum Gasteiger partial charge on any atom is 0.262 e. The standard InChI is InChI=1S/C27H25N5O4S2/c1-18-7-4-5-8-20(18)15-28-32-24(19-11-12-25-23(13-19)30-26(33)16-36-25)17-37-27(32)29-21-9-6-10-22(14-21)38(34,35)31(2)3/h4-15,17H,16H2,1-3H3,(H,30,33)/b28-15+,29-27?. The molecule has 2 heterocycles. The van der Waals surface area contributed by atoms with Crippen LogP contribution in [-0.2, 0) is 14.8 Å². The van der Waals surface area contributed by atoms with Gasteiger partial charge in [0.25, 0.3) is 5.91 Å². The van der Waals surface area contributed by atoms with Crippen LogP contribution < -0.4 is 14.9 Å². The summed E-state index contributed by atoms with van der Waals surface area (Å²) in [5.41, 5.74) is 4.64. The molecule has 1 aliphatic heterocycles. The highest BCUT2D eigenvalue weighted by Gasteiger charge is 2.19. The lowest BCUT2D eigenvalue weighted by Crippen LogP contribution is -2.25. The maximum absolute atomic E-state index is 12.6. The molecule has 1 amide bonds. The molecule has 0 bridgehead atoms. The van der Waals surface area contributed by atoms with E-state index in [2.05, 4.69) is 5.32 Å². The first-order valence-electron chi connectivity index (χ1n) is 11.7. The number of carbonyl (C=O) groups excluding carboxylic acids is 1. The predicted octanol–water partition coefficient (Wildman–Crippen LogP) is 4.22. The van der Waals surface area contributed by atoms with Crippen LogP contribution in [-0.4, -0.2) is 50.2 Å². The van der Waals surface area contributed by atoms with E-state index >= 15 is 0 Å². The van der Waals surface area contributed by atoms with Crippen LogP contribution in [0.15, 0.2) is 87.1 Å². The van der Waals surface area contributed by atoms with E-state index in [9.17, 15) is 13.2 Å². The van der Waals surface area contributed by atoms with Gasteiger partial charge in [-0.2, -0.15) is 5.10 Å². The highest BCUT2D eigenvalue weighted by Crippen LogP contribution is 2.33. The molecule has 38 heavy (non-hydrogen) atoms. The number of amides is 1. The number of carbonyl (C=O) groups is 1. The summed E-state index contributed by atoms with van der Waals surface area (Å²) in [6.07, 6.45) is 1.76. The van der Waals surface area contributed by atoms with Crippen molar-refractivity contribution in [1.29, 1.82) is 0 Å². The quantitative estimate of drug-likeness (QED) is 0.365.